The fraction of sp³-hybridized carbons (Fsp3) is 0.500. The molecule has 0 bridgehead atoms. The molecule has 3 N–H and O–H groups in total. The zero-order valence-corrected chi connectivity index (χ0v) is 12.0. The third kappa shape index (κ3) is 6.58. The second-order valence-corrected chi connectivity index (χ2v) is 5.57. The first kappa shape index (κ1) is 17.4. The van der Waals surface area contributed by atoms with Gasteiger partial charge in [-0.25, -0.2) is 0 Å². The van der Waals surface area contributed by atoms with Gasteiger partial charge in [-0.15, -0.1) is 0 Å². The van der Waals surface area contributed by atoms with Crippen LogP contribution >= 0.6 is 11.8 Å². The summed E-state index contributed by atoms with van der Waals surface area (Å²) in [4.78, 5) is 22.2. The Labute approximate surface area is 123 Å². The number of thioether (sulfide) groups is 1. The Hall–Kier alpha value is -1.61. The highest BCUT2D eigenvalue weighted by Gasteiger charge is 2.25. The van der Waals surface area contributed by atoms with Crippen molar-refractivity contribution in [3.8, 4) is 0 Å². The smallest absolute Gasteiger partial charge is 0.306 e. The van der Waals surface area contributed by atoms with Gasteiger partial charge in [-0.2, -0.15) is 8.78 Å². The highest BCUT2D eigenvalue weighted by Crippen LogP contribution is 2.21. The van der Waals surface area contributed by atoms with E-state index in [0.717, 1.165) is 0 Å². The van der Waals surface area contributed by atoms with Crippen LogP contribution in [-0.2, 0) is 10.5 Å². The van der Waals surface area contributed by atoms with Gasteiger partial charge in [-0.3, -0.25) is 9.59 Å². The predicted octanol–water partition coefficient (Wildman–Crippen LogP) is 1.69. The van der Waals surface area contributed by atoms with E-state index < -0.39 is 29.7 Å². The lowest BCUT2D eigenvalue weighted by atomic mass is 10.0. The van der Waals surface area contributed by atoms with Crippen LogP contribution in [0.2, 0.25) is 0 Å². The molecule has 1 heterocycles. The number of halogens is 2. The molecule has 0 fully saturated rings. The highest BCUT2D eigenvalue weighted by atomic mass is 32.2. The lowest BCUT2D eigenvalue weighted by Crippen LogP contribution is -2.42. The molecule has 0 radical (unpaired) electrons. The first-order valence-electron chi connectivity index (χ1n) is 5.90. The molecule has 0 aliphatic rings. The molecule has 6 nitrogen and oxygen atoms in total. The Kier molecular flexibility index (Phi) is 6.16. The van der Waals surface area contributed by atoms with Crippen molar-refractivity contribution in [1.29, 1.82) is 0 Å². The highest BCUT2D eigenvalue weighted by molar-refractivity contribution is 7.98. The average molecular weight is 323 g/mol. The van der Waals surface area contributed by atoms with Crippen molar-refractivity contribution in [2.45, 2.75) is 30.5 Å². The van der Waals surface area contributed by atoms with E-state index in [-0.39, 0.29) is 23.8 Å². The third-order valence-electron chi connectivity index (χ3n) is 2.40. The number of amides is 1. The van der Waals surface area contributed by atoms with Crippen molar-refractivity contribution in [2.24, 2.45) is 0 Å². The van der Waals surface area contributed by atoms with Gasteiger partial charge in [-0.1, -0.05) is 11.8 Å². The summed E-state index contributed by atoms with van der Waals surface area (Å²) < 4.78 is 29.1. The van der Waals surface area contributed by atoms with Gasteiger partial charge in [0.05, 0.1) is 17.8 Å². The summed E-state index contributed by atoms with van der Waals surface area (Å²) in [7, 11) is 0. The number of alkyl halides is 2. The second-order valence-electron chi connectivity index (χ2n) is 4.59. The van der Waals surface area contributed by atoms with Crippen molar-refractivity contribution in [2.75, 3.05) is 6.54 Å². The summed E-state index contributed by atoms with van der Waals surface area (Å²) in [5.74, 6) is -4.32. The lowest BCUT2D eigenvalue weighted by molar-refractivity contribution is -0.141. The van der Waals surface area contributed by atoms with Crippen LogP contribution in [0.1, 0.15) is 29.7 Å². The Balaban J connectivity index is 2.50. The number of carboxylic acid groups (broad SMARTS) is 1. The van der Waals surface area contributed by atoms with Crippen LogP contribution in [-0.4, -0.2) is 40.0 Å². The Bertz CT molecular complexity index is 504. The number of aliphatic hydroxyl groups is 1. The van der Waals surface area contributed by atoms with Gasteiger partial charge >= 0.3 is 5.97 Å². The molecule has 0 saturated heterocycles. The quantitative estimate of drug-likeness (QED) is 0.673. The number of hydrogen-bond donors (Lipinski definition) is 3. The van der Waals surface area contributed by atoms with Crippen LogP contribution in [0.4, 0.5) is 8.78 Å². The monoisotopic (exact) mass is 323 g/mol. The van der Waals surface area contributed by atoms with Crippen molar-refractivity contribution in [3.05, 3.63) is 23.7 Å². The van der Waals surface area contributed by atoms with Gasteiger partial charge < -0.3 is 19.9 Å². The summed E-state index contributed by atoms with van der Waals surface area (Å²) in [6, 6.07) is 2.72. The van der Waals surface area contributed by atoms with E-state index in [2.05, 4.69) is 5.32 Å². The minimum atomic E-state index is -2.53. The number of aliphatic carboxylic acids is 1. The van der Waals surface area contributed by atoms with Crippen molar-refractivity contribution >= 4 is 23.6 Å². The van der Waals surface area contributed by atoms with E-state index >= 15 is 0 Å². The lowest BCUT2D eigenvalue weighted by Gasteiger charge is -2.20. The second kappa shape index (κ2) is 7.41. The maximum absolute atomic E-state index is 12.0. The van der Waals surface area contributed by atoms with Crippen LogP contribution in [0.3, 0.4) is 0 Å². The number of rotatable bonds is 8. The molecule has 1 aromatic heterocycles. The first-order valence-corrected chi connectivity index (χ1v) is 6.95. The standard InChI is InChI=1S/C12H15F2NO5S/c1-12(19,4-9(16)17)6-15-10(18)8-3-2-7(20-8)5-21-11(13)14/h2-3,11,19H,4-6H2,1H3,(H,15,18)(H,16,17). The van der Waals surface area contributed by atoms with Gasteiger partial charge in [0, 0.05) is 6.54 Å². The van der Waals surface area contributed by atoms with Crippen molar-refractivity contribution < 1.29 is 33.0 Å². The normalized spacial score (nSPS) is 14.0. The molecular weight excluding hydrogens is 308 g/mol. The summed E-state index contributed by atoms with van der Waals surface area (Å²) in [6.07, 6.45) is -0.526. The molecule has 1 atom stereocenters. The van der Waals surface area contributed by atoms with Crippen LogP contribution in [0.15, 0.2) is 16.5 Å². The number of carboxylic acids is 1. The molecule has 1 unspecified atom stereocenters. The number of hydrogen-bond acceptors (Lipinski definition) is 5. The molecule has 0 aliphatic carbocycles. The van der Waals surface area contributed by atoms with E-state index in [1.165, 1.54) is 19.1 Å². The minimum absolute atomic E-state index is 0.0678. The molecule has 118 valence electrons. The van der Waals surface area contributed by atoms with Crippen LogP contribution < -0.4 is 5.32 Å². The Morgan fingerprint density at radius 3 is 2.71 bits per heavy atom. The van der Waals surface area contributed by atoms with Crippen LogP contribution in [0, 0.1) is 0 Å². The number of carbonyl (C=O) groups is 2. The molecule has 1 aromatic rings. The van der Waals surface area contributed by atoms with E-state index in [1.54, 1.807) is 0 Å². The molecular formula is C12H15F2NO5S. The molecule has 0 saturated carbocycles. The minimum Gasteiger partial charge on any atom is -0.481 e. The van der Waals surface area contributed by atoms with Crippen molar-refractivity contribution in [1.82, 2.24) is 5.32 Å². The summed E-state index contributed by atoms with van der Waals surface area (Å²) in [6.45, 7) is 0.994. The fourth-order valence-electron chi connectivity index (χ4n) is 1.47. The molecule has 1 amide bonds. The van der Waals surface area contributed by atoms with E-state index in [9.17, 15) is 23.5 Å². The van der Waals surface area contributed by atoms with Gasteiger partial charge in [-0.05, 0) is 19.1 Å². The molecule has 0 aromatic carbocycles. The van der Waals surface area contributed by atoms with Gasteiger partial charge in [0.15, 0.2) is 5.76 Å². The van der Waals surface area contributed by atoms with Gasteiger partial charge in [0.2, 0.25) is 0 Å². The van der Waals surface area contributed by atoms with Crippen LogP contribution in [0.5, 0.6) is 0 Å². The summed E-state index contributed by atoms with van der Waals surface area (Å²) in [5.41, 5.74) is -1.59. The number of carbonyl (C=O) groups excluding carboxylic acids is 1. The Morgan fingerprint density at radius 2 is 2.14 bits per heavy atom. The molecule has 9 heteroatoms. The molecule has 21 heavy (non-hydrogen) atoms. The third-order valence-corrected chi connectivity index (χ3v) is 3.10. The Morgan fingerprint density at radius 1 is 1.48 bits per heavy atom. The van der Waals surface area contributed by atoms with Crippen LogP contribution in [0.25, 0.3) is 0 Å². The molecule has 1 rings (SSSR count). The summed E-state index contributed by atoms with van der Waals surface area (Å²) in [5, 5.41) is 20.6. The molecule has 0 spiro atoms. The van der Waals surface area contributed by atoms with E-state index in [1.807, 2.05) is 0 Å². The SMILES string of the molecule is CC(O)(CNC(=O)c1ccc(CSC(F)F)o1)CC(=O)O. The van der Waals surface area contributed by atoms with Crippen molar-refractivity contribution in [3.63, 3.8) is 0 Å². The largest absolute Gasteiger partial charge is 0.481 e. The summed E-state index contributed by atoms with van der Waals surface area (Å²) >= 11 is 0.370. The predicted molar refractivity (Wildman–Crippen MR) is 71.2 cm³/mol. The fourth-order valence-corrected chi connectivity index (χ4v) is 1.91. The molecule has 0 aliphatic heterocycles. The average Bonchev–Trinajstić information content (AvgIpc) is 2.81. The maximum atomic E-state index is 12.0. The number of furan rings is 1. The van der Waals surface area contributed by atoms with Gasteiger partial charge in [0.1, 0.15) is 5.76 Å². The van der Waals surface area contributed by atoms with Gasteiger partial charge in [0.25, 0.3) is 11.7 Å². The zero-order chi connectivity index (χ0) is 16.0. The van der Waals surface area contributed by atoms with E-state index in [0.29, 0.717) is 11.8 Å². The zero-order valence-electron chi connectivity index (χ0n) is 11.1. The number of nitrogens with one attached hydrogen (secondary N) is 1. The van der Waals surface area contributed by atoms with E-state index in [4.69, 9.17) is 9.52 Å². The first-order chi connectivity index (χ1) is 9.69. The topological polar surface area (TPSA) is 99.8 Å². The maximum Gasteiger partial charge on any atom is 0.306 e.